The van der Waals surface area contributed by atoms with Crippen LogP contribution < -0.4 is 10.5 Å². The molecule has 2 aromatic carbocycles. The number of carbonyl (C=O) groups is 3. The van der Waals surface area contributed by atoms with Crippen LogP contribution >= 0.6 is 0 Å². The van der Waals surface area contributed by atoms with E-state index < -0.39 is 95.7 Å². The molecule has 0 spiro atoms. The van der Waals surface area contributed by atoms with E-state index in [4.69, 9.17) is 19.9 Å². The molecule has 0 saturated carbocycles. The number of aliphatic hydroxyl groups is 3. The molecule has 0 radical (unpaired) electrons. The number of hydrogen-bond donors (Lipinski definition) is 6. The molecule has 1 aliphatic heterocycles. The zero-order valence-electron chi connectivity index (χ0n) is 21.2. The van der Waals surface area contributed by atoms with Gasteiger partial charge in [-0.3, -0.25) is 14.4 Å². The van der Waals surface area contributed by atoms with Gasteiger partial charge in [-0.1, -0.05) is 12.1 Å². The second-order valence-electron chi connectivity index (χ2n) is 10.2. The third kappa shape index (κ3) is 4.67. The first-order valence-corrected chi connectivity index (χ1v) is 12.4. The van der Waals surface area contributed by atoms with Crippen molar-refractivity contribution in [1.82, 2.24) is 0 Å². The number of rotatable bonds is 5. The van der Waals surface area contributed by atoms with Gasteiger partial charge in [0.15, 0.2) is 17.9 Å². The van der Waals surface area contributed by atoms with E-state index in [0.717, 1.165) is 0 Å². The topological polar surface area (TPSA) is 206 Å². The third-order valence-electron chi connectivity index (χ3n) is 7.81. The summed E-state index contributed by atoms with van der Waals surface area (Å²) in [5.74, 6) is -3.77. The van der Waals surface area contributed by atoms with E-state index in [1.807, 2.05) is 0 Å². The Bertz CT molecular complexity index is 1380. The van der Waals surface area contributed by atoms with Gasteiger partial charge < -0.3 is 45.5 Å². The van der Waals surface area contributed by atoms with Crippen LogP contribution in [0.4, 0.5) is 0 Å². The van der Waals surface area contributed by atoms with Crippen LogP contribution in [0.5, 0.6) is 17.2 Å². The fourth-order valence-electron chi connectivity index (χ4n) is 5.75. The summed E-state index contributed by atoms with van der Waals surface area (Å²) in [4.78, 5) is 39.7. The summed E-state index contributed by atoms with van der Waals surface area (Å²) >= 11 is 0. The Morgan fingerprint density at radius 3 is 2.45 bits per heavy atom. The van der Waals surface area contributed by atoms with Gasteiger partial charge in [0.1, 0.15) is 29.5 Å². The van der Waals surface area contributed by atoms with Crippen LogP contribution in [0.2, 0.25) is 0 Å². The monoisotopic (exact) mass is 567 g/mol. The van der Waals surface area contributed by atoms with E-state index in [-0.39, 0.29) is 64.0 Å². The molecule has 1 heterocycles. The fourth-order valence-corrected chi connectivity index (χ4v) is 5.75. The van der Waals surface area contributed by atoms with Gasteiger partial charge in [0.2, 0.25) is 5.78 Å². The van der Waals surface area contributed by atoms with Crippen molar-refractivity contribution in [3.05, 3.63) is 51.6 Å². The van der Waals surface area contributed by atoms with E-state index in [1.165, 1.54) is 25.3 Å². The van der Waals surface area contributed by atoms with E-state index in [0.29, 0.717) is 0 Å². The second-order valence-corrected chi connectivity index (χ2v) is 10.2. The van der Waals surface area contributed by atoms with Crippen LogP contribution in [0.3, 0.4) is 0 Å². The van der Waals surface area contributed by atoms with E-state index in [1.54, 1.807) is 6.92 Å². The number of Topliss-reactive ketones (excluding diaryl/α,β-unsaturated/α-hetero) is 1. The zero-order valence-corrected chi connectivity index (χ0v) is 21.2. The molecule has 6 atom stereocenters. The summed E-state index contributed by atoms with van der Waals surface area (Å²) in [6.45, 7) is 0.560. The summed E-state index contributed by atoms with van der Waals surface area (Å²) in [5, 5.41) is 53.7. The van der Waals surface area contributed by atoms with Gasteiger partial charge >= 0.3 is 29.6 Å². The number of benzene rings is 2. The Balaban J connectivity index is 0.00000370. The molecule has 0 aromatic heterocycles. The standard InChI is InChI=1S/C27H29NO11.Na.H/c1-10-22(31)13(28)6-17(38-10)39-15-8-27(36,16(30)9-29)7-12-19(15)26(35)21-20(24(12)33)23(32)11-4-3-5-14(37-2)18(11)25(21)34;;/h3-5,10,13,15,17,22,29,31,33,35-36H,6-9,28H2,1-2H3;;/t10?,13?,15-,17?,22?,27-;;/m0../s1. The van der Waals surface area contributed by atoms with E-state index >= 15 is 0 Å². The molecule has 40 heavy (non-hydrogen) atoms. The van der Waals surface area contributed by atoms with Gasteiger partial charge in [0, 0.05) is 42.0 Å². The molecule has 7 N–H and O–H groups in total. The molecule has 1 fully saturated rings. The summed E-state index contributed by atoms with van der Waals surface area (Å²) in [5.41, 5.74) is 2.37. The number of aromatic hydroxyl groups is 2. The van der Waals surface area contributed by atoms with Gasteiger partial charge in [0.05, 0.1) is 42.1 Å². The van der Waals surface area contributed by atoms with Gasteiger partial charge in [-0.25, -0.2) is 0 Å². The van der Waals surface area contributed by atoms with Gasteiger partial charge in [-0.05, 0) is 13.0 Å². The Labute approximate surface area is 250 Å². The number of carbonyl (C=O) groups excluding carboxylic acids is 3. The molecule has 210 valence electrons. The predicted molar refractivity (Wildman–Crippen MR) is 139 cm³/mol. The van der Waals surface area contributed by atoms with Crippen LogP contribution in [-0.2, 0) is 20.7 Å². The quantitative estimate of drug-likeness (QED) is 0.168. The summed E-state index contributed by atoms with van der Waals surface area (Å²) in [6, 6.07) is 3.64. The molecule has 2 aromatic rings. The normalized spacial score (nSPS) is 29.1. The Morgan fingerprint density at radius 2 is 1.82 bits per heavy atom. The first kappa shape index (κ1) is 30.6. The predicted octanol–water partition coefficient (Wildman–Crippen LogP) is -0.647. The number of methoxy groups -OCH3 is 1. The van der Waals surface area contributed by atoms with E-state index in [9.17, 15) is 39.9 Å². The van der Waals surface area contributed by atoms with Crippen molar-refractivity contribution in [1.29, 1.82) is 0 Å². The van der Waals surface area contributed by atoms with Crippen molar-refractivity contribution < 1.29 is 54.1 Å². The number of fused-ring (bicyclic) bond motifs is 3. The molecule has 0 bridgehead atoms. The van der Waals surface area contributed by atoms with Crippen LogP contribution in [0.1, 0.15) is 68.8 Å². The number of nitrogens with two attached hydrogens (primary N) is 1. The SMILES string of the molecule is COc1cccc2c1C(=O)c1c(O)c3c(c(O)c1C2=O)C[C@@](O)(C(=O)CO)C[C@@H]3OC1CC(N)C(O)C(C)O1.[NaH]. The van der Waals surface area contributed by atoms with Gasteiger partial charge in [0.25, 0.3) is 0 Å². The molecule has 5 rings (SSSR count). The van der Waals surface area contributed by atoms with Crippen molar-refractivity contribution in [3.63, 3.8) is 0 Å². The summed E-state index contributed by atoms with van der Waals surface area (Å²) < 4.78 is 17.0. The number of ether oxygens (including phenoxy) is 3. The van der Waals surface area contributed by atoms with Crippen molar-refractivity contribution >= 4 is 46.9 Å². The molecule has 2 aliphatic carbocycles. The number of phenolic OH excluding ortho intramolecular Hbond substituents is 2. The average molecular weight is 568 g/mol. The van der Waals surface area contributed by atoms with Crippen LogP contribution in [-0.4, -0.2) is 116 Å². The molecular formula is C27H30NNaO11. The molecule has 12 nitrogen and oxygen atoms in total. The van der Waals surface area contributed by atoms with Gasteiger partial charge in [-0.2, -0.15) is 0 Å². The van der Waals surface area contributed by atoms with Crippen molar-refractivity contribution in [2.45, 2.75) is 62.4 Å². The Hall–Kier alpha value is -2.39. The third-order valence-corrected chi connectivity index (χ3v) is 7.81. The van der Waals surface area contributed by atoms with Crippen molar-refractivity contribution in [3.8, 4) is 17.2 Å². The molecule has 0 amide bonds. The molecule has 3 aliphatic rings. The number of phenols is 2. The maximum absolute atomic E-state index is 13.6. The van der Waals surface area contributed by atoms with E-state index in [2.05, 4.69) is 0 Å². The first-order valence-electron chi connectivity index (χ1n) is 12.4. The minimum absolute atomic E-state index is 0. The number of hydrogen-bond acceptors (Lipinski definition) is 12. The summed E-state index contributed by atoms with van der Waals surface area (Å²) in [7, 11) is 1.32. The maximum atomic E-state index is 13.6. The number of ketones is 3. The van der Waals surface area contributed by atoms with Crippen LogP contribution in [0.25, 0.3) is 0 Å². The van der Waals surface area contributed by atoms with Crippen molar-refractivity contribution in [2.75, 3.05) is 13.7 Å². The molecule has 1 saturated heterocycles. The first-order chi connectivity index (χ1) is 18.4. The molecule has 13 heteroatoms. The van der Waals surface area contributed by atoms with Gasteiger partial charge in [-0.15, -0.1) is 0 Å². The fraction of sp³-hybridized carbons (Fsp3) is 0.444. The molecule has 4 unspecified atom stereocenters. The Kier molecular flexibility index (Phi) is 8.50. The summed E-state index contributed by atoms with van der Waals surface area (Å²) in [6.07, 6.45) is -5.12. The van der Waals surface area contributed by atoms with Crippen LogP contribution in [0.15, 0.2) is 18.2 Å². The Morgan fingerprint density at radius 1 is 1.15 bits per heavy atom. The zero-order chi connectivity index (χ0) is 28.4. The van der Waals surface area contributed by atoms with Crippen LogP contribution in [0, 0.1) is 0 Å². The number of aliphatic hydroxyl groups excluding tert-OH is 2. The average Bonchev–Trinajstić information content (AvgIpc) is 2.90. The molecular weight excluding hydrogens is 537 g/mol. The second kappa shape index (κ2) is 11.1. The van der Waals surface area contributed by atoms with Crippen molar-refractivity contribution in [2.24, 2.45) is 5.73 Å². The minimum atomic E-state index is -2.24.